The number of allylic oxidation sites excluding steroid dienone is 4. The maximum atomic E-state index is 11.0. The summed E-state index contributed by atoms with van der Waals surface area (Å²) in [5.74, 6) is -0.867. The number of carboxylic acid groups (broad SMARTS) is 1. The summed E-state index contributed by atoms with van der Waals surface area (Å²) in [4.78, 5) is 11.0. The van der Waals surface area contributed by atoms with Crippen LogP contribution in [-0.4, -0.2) is 11.1 Å². The van der Waals surface area contributed by atoms with Gasteiger partial charge in [-0.05, 0) is 37.2 Å². The molecule has 0 saturated heterocycles. The summed E-state index contributed by atoms with van der Waals surface area (Å²) in [7, 11) is 0. The zero-order valence-corrected chi connectivity index (χ0v) is 11.5. The molecule has 0 amide bonds. The van der Waals surface area contributed by atoms with E-state index in [0.717, 1.165) is 23.7 Å². The molecular weight excluding hydrogens is 268 g/mol. The lowest BCUT2D eigenvalue weighted by Crippen LogP contribution is -2.19. The summed E-state index contributed by atoms with van der Waals surface area (Å²) in [5.41, 5.74) is 1.26. The van der Waals surface area contributed by atoms with Gasteiger partial charge in [-0.15, -0.1) is 0 Å². The molecule has 3 heteroatoms. The quantitative estimate of drug-likeness (QED) is 0.844. The van der Waals surface area contributed by atoms with Crippen LogP contribution in [0.5, 0.6) is 0 Å². The van der Waals surface area contributed by atoms with Gasteiger partial charge >= 0.3 is 5.97 Å². The highest BCUT2D eigenvalue weighted by atomic mass is 79.9. The Hall–Kier alpha value is -0.570. The molecule has 0 unspecified atom stereocenters. The van der Waals surface area contributed by atoms with E-state index in [4.69, 9.17) is 5.11 Å². The Labute approximate surface area is 106 Å². The summed E-state index contributed by atoms with van der Waals surface area (Å²) in [6, 6.07) is 0. The Morgan fingerprint density at radius 2 is 2.38 bits per heavy atom. The molecule has 1 aliphatic carbocycles. The molecule has 0 bridgehead atoms. The molecule has 1 N–H and O–H groups in total. The van der Waals surface area contributed by atoms with Crippen LogP contribution in [0, 0.1) is 11.8 Å². The van der Waals surface area contributed by atoms with E-state index in [2.05, 4.69) is 28.1 Å². The van der Waals surface area contributed by atoms with E-state index in [-0.39, 0.29) is 11.8 Å². The predicted octanol–water partition coefficient (Wildman–Crippen LogP) is 4.12. The average Bonchev–Trinajstić information content (AvgIpc) is 2.22. The van der Waals surface area contributed by atoms with Gasteiger partial charge in [0.15, 0.2) is 0 Å². The van der Waals surface area contributed by atoms with Crippen molar-refractivity contribution in [3.8, 4) is 0 Å². The monoisotopic (exact) mass is 286 g/mol. The van der Waals surface area contributed by atoms with Crippen molar-refractivity contribution in [3.05, 3.63) is 22.2 Å². The van der Waals surface area contributed by atoms with Crippen molar-refractivity contribution in [2.75, 3.05) is 0 Å². The zero-order valence-electron chi connectivity index (χ0n) is 9.87. The number of rotatable bonds is 4. The van der Waals surface area contributed by atoms with Crippen LogP contribution in [0.2, 0.25) is 0 Å². The number of carbonyl (C=O) groups is 1. The van der Waals surface area contributed by atoms with Crippen LogP contribution in [0.15, 0.2) is 22.2 Å². The second kappa shape index (κ2) is 6.24. The van der Waals surface area contributed by atoms with Crippen molar-refractivity contribution in [1.82, 2.24) is 0 Å². The molecule has 2 atom stereocenters. The molecule has 0 radical (unpaired) electrons. The van der Waals surface area contributed by atoms with Gasteiger partial charge in [0.05, 0.1) is 5.92 Å². The van der Waals surface area contributed by atoms with E-state index in [9.17, 15) is 4.79 Å². The molecular formula is C13H19BrO2. The maximum absolute atomic E-state index is 11.0. The van der Waals surface area contributed by atoms with Crippen LogP contribution in [0.25, 0.3) is 0 Å². The van der Waals surface area contributed by atoms with E-state index in [0.29, 0.717) is 6.42 Å². The van der Waals surface area contributed by atoms with Crippen molar-refractivity contribution in [1.29, 1.82) is 0 Å². The van der Waals surface area contributed by atoms with Crippen molar-refractivity contribution in [2.45, 2.75) is 39.5 Å². The van der Waals surface area contributed by atoms with Crippen LogP contribution in [-0.2, 0) is 4.79 Å². The Morgan fingerprint density at radius 1 is 1.69 bits per heavy atom. The second-order valence-corrected chi connectivity index (χ2v) is 5.20. The molecule has 1 aliphatic rings. The molecule has 0 aromatic carbocycles. The van der Waals surface area contributed by atoms with Crippen LogP contribution < -0.4 is 0 Å². The van der Waals surface area contributed by atoms with Crippen molar-refractivity contribution < 1.29 is 9.90 Å². The highest BCUT2D eigenvalue weighted by Gasteiger charge is 2.22. The van der Waals surface area contributed by atoms with Gasteiger partial charge in [0.2, 0.25) is 0 Å². The lowest BCUT2D eigenvalue weighted by Gasteiger charge is -2.19. The number of halogens is 1. The van der Waals surface area contributed by atoms with Crippen molar-refractivity contribution in [3.63, 3.8) is 0 Å². The molecule has 0 saturated carbocycles. The molecule has 16 heavy (non-hydrogen) atoms. The smallest absolute Gasteiger partial charge is 0.307 e. The normalized spacial score (nSPS) is 22.7. The molecule has 0 aromatic rings. The Balaban J connectivity index is 2.78. The molecule has 1 rings (SSSR count). The standard InChI is InChI=1S/C13H19BrO2/c1-3-11(13(15)16)9(2)8-10-6-4-5-7-12(10)14/h7-9,11H,3-6H2,1-2H3,(H,15,16)/b10-8+/t9-,11-/m1/s1. The van der Waals surface area contributed by atoms with Crippen molar-refractivity contribution >= 4 is 21.9 Å². The third kappa shape index (κ3) is 3.48. The molecule has 0 aromatic heterocycles. The predicted molar refractivity (Wildman–Crippen MR) is 69.5 cm³/mol. The van der Waals surface area contributed by atoms with Gasteiger partial charge in [-0.25, -0.2) is 0 Å². The van der Waals surface area contributed by atoms with E-state index >= 15 is 0 Å². The molecule has 0 spiro atoms. The van der Waals surface area contributed by atoms with Crippen molar-refractivity contribution in [2.24, 2.45) is 11.8 Å². The minimum absolute atomic E-state index is 0.0940. The molecule has 0 heterocycles. The summed E-state index contributed by atoms with van der Waals surface area (Å²) in [5, 5.41) is 9.08. The van der Waals surface area contributed by atoms with Crippen LogP contribution in [0.4, 0.5) is 0 Å². The summed E-state index contributed by atoms with van der Waals surface area (Å²) in [6.45, 7) is 3.92. The minimum atomic E-state index is -0.692. The summed E-state index contributed by atoms with van der Waals surface area (Å²) < 4.78 is 1.14. The second-order valence-electron chi connectivity index (χ2n) is 4.35. The molecule has 0 aliphatic heterocycles. The van der Waals surface area contributed by atoms with Gasteiger partial charge in [0.25, 0.3) is 0 Å². The number of hydrogen-bond donors (Lipinski definition) is 1. The maximum Gasteiger partial charge on any atom is 0.307 e. The first-order valence-electron chi connectivity index (χ1n) is 5.85. The number of aliphatic carboxylic acids is 1. The van der Waals surface area contributed by atoms with E-state index < -0.39 is 5.97 Å². The first-order chi connectivity index (χ1) is 7.56. The minimum Gasteiger partial charge on any atom is -0.481 e. The Kier molecular flexibility index (Phi) is 5.26. The molecule has 0 fully saturated rings. The third-order valence-electron chi connectivity index (χ3n) is 3.14. The van der Waals surface area contributed by atoms with Crippen LogP contribution in [0.1, 0.15) is 39.5 Å². The molecule has 2 nitrogen and oxygen atoms in total. The third-order valence-corrected chi connectivity index (χ3v) is 3.97. The number of carboxylic acids is 1. The fourth-order valence-electron chi connectivity index (χ4n) is 2.14. The van der Waals surface area contributed by atoms with Gasteiger partial charge in [-0.1, -0.05) is 41.9 Å². The fraction of sp³-hybridized carbons (Fsp3) is 0.615. The topological polar surface area (TPSA) is 37.3 Å². The summed E-state index contributed by atoms with van der Waals surface area (Å²) >= 11 is 3.54. The fourth-order valence-corrected chi connectivity index (χ4v) is 2.70. The van der Waals surface area contributed by atoms with Gasteiger partial charge in [-0.3, -0.25) is 4.79 Å². The Bertz CT molecular complexity index is 318. The lowest BCUT2D eigenvalue weighted by molar-refractivity contribution is -0.142. The highest BCUT2D eigenvalue weighted by Crippen LogP contribution is 2.31. The van der Waals surface area contributed by atoms with Gasteiger partial charge in [-0.2, -0.15) is 0 Å². The van der Waals surface area contributed by atoms with Crippen LogP contribution in [0.3, 0.4) is 0 Å². The van der Waals surface area contributed by atoms with E-state index in [1.807, 2.05) is 13.8 Å². The first-order valence-corrected chi connectivity index (χ1v) is 6.65. The Morgan fingerprint density at radius 3 is 2.88 bits per heavy atom. The largest absolute Gasteiger partial charge is 0.481 e. The molecule has 90 valence electrons. The zero-order chi connectivity index (χ0) is 12.1. The van der Waals surface area contributed by atoms with Gasteiger partial charge in [0.1, 0.15) is 0 Å². The lowest BCUT2D eigenvalue weighted by atomic mass is 9.88. The summed E-state index contributed by atoms with van der Waals surface area (Å²) in [6.07, 6.45) is 8.30. The average molecular weight is 287 g/mol. The van der Waals surface area contributed by atoms with Crippen LogP contribution >= 0.6 is 15.9 Å². The first kappa shape index (κ1) is 13.5. The highest BCUT2D eigenvalue weighted by molar-refractivity contribution is 9.12. The van der Waals surface area contributed by atoms with E-state index in [1.165, 1.54) is 5.57 Å². The number of hydrogen-bond acceptors (Lipinski definition) is 1. The van der Waals surface area contributed by atoms with Gasteiger partial charge < -0.3 is 5.11 Å². The SMILES string of the molecule is CC[C@@H](C(=O)O)[C@H](C)/C=C1\CCCC=C1Br. The van der Waals surface area contributed by atoms with E-state index in [1.54, 1.807) is 0 Å². The van der Waals surface area contributed by atoms with Gasteiger partial charge in [0, 0.05) is 4.48 Å².